The van der Waals surface area contributed by atoms with Crippen molar-refractivity contribution in [2.75, 3.05) is 13.1 Å². The number of ketones is 1. The molecule has 8 heteroatoms. The second kappa shape index (κ2) is 6.25. The molecule has 3 unspecified atom stereocenters. The quantitative estimate of drug-likeness (QED) is 0.773. The van der Waals surface area contributed by atoms with Crippen LogP contribution < -0.4 is 5.32 Å². The number of nitrogens with one attached hydrogen (secondary N) is 2. The highest BCUT2D eigenvalue weighted by atomic mass is 16.5. The summed E-state index contributed by atoms with van der Waals surface area (Å²) in [5.41, 5.74) is 0.541. The summed E-state index contributed by atoms with van der Waals surface area (Å²) < 4.78 is 5.89. The average Bonchev–Trinajstić information content (AvgIpc) is 3.15. The molecule has 4 rings (SSSR count). The number of H-pyrrole nitrogens is 1. The maximum Gasteiger partial charge on any atom is 0.272 e. The van der Waals surface area contributed by atoms with Crippen molar-refractivity contribution in [2.24, 2.45) is 5.92 Å². The lowest BCUT2D eigenvalue weighted by molar-refractivity contribution is -0.129. The molecule has 1 aliphatic carbocycles. The first kappa shape index (κ1) is 16.3. The Morgan fingerprint density at radius 3 is 2.76 bits per heavy atom. The van der Waals surface area contributed by atoms with E-state index in [-0.39, 0.29) is 41.4 Å². The van der Waals surface area contributed by atoms with Crippen LogP contribution in [0.1, 0.15) is 53.6 Å². The number of carbonyl (C=O) groups is 3. The van der Waals surface area contributed by atoms with Crippen molar-refractivity contribution in [3.05, 3.63) is 17.5 Å². The van der Waals surface area contributed by atoms with Gasteiger partial charge < -0.3 is 15.0 Å². The fourth-order valence-electron chi connectivity index (χ4n) is 3.74. The Bertz CT molecular complexity index is 711. The minimum atomic E-state index is -0.266. The van der Waals surface area contributed by atoms with Gasteiger partial charge in [0, 0.05) is 26.1 Å². The molecule has 134 valence electrons. The number of rotatable bonds is 4. The molecule has 1 saturated carbocycles. The van der Waals surface area contributed by atoms with Gasteiger partial charge in [-0.3, -0.25) is 19.5 Å². The molecular weight excluding hydrogens is 324 g/mol. The van der Waals surface area contributed by atoms with Crippen LogP contribution in [-0.2, 0) is 9.53 Å². The first-order valence-corrected chi connectivity index (χ1v) is 8.82. The molecule has 1 aromatic rings. The van der Waals surface area contributed by atoms with Gasteiger partial charge in [-0.2, -0.15) is 5.10 Å². The number of Topliss-reactive ketones (excluding diaryl/α,β-unsaturated/α-hetero) is 1. The van der Waals surface area contributed by atoms with E-state index in [0.29, 0.717) is 31.2 Å². The van der Waals surface area contributed by atoms with Crippen molar-refractivity contribution in [1.29, 1.82) is 0 Å². The van der Waals surface area contributed by atoms with E-state index < -0.39 is 0 Å². The Morgan fingerprint density at radius 1 is 1.32 bits per heavy atom. The first-order valence-electron chi connectivity index (χ1n) is 8.82. The maximum absolute atomic E-state index is 12.7. The molecule has 2 amide bonds. The lowest BCUT2D eigenvalue weighted by atomic mass is 9.91. The van der Waals surface area contributed by atoms with Gasteiger partial charge in [0.1, 0.15) is 11.4 Å². The minimum Gasteiger partial charge on any atom is -0.370 e. The second-order valence-electron chi connectivity index (χ2n) is 7.21. The number of amides is 2. The zero-order valence-corrected chi connectivity index (χ0v) is 14.2. The highest BCUT2D eigenvalue weighted by Gasteiger charge is 2.46. The van der Waals surface area contributed by atoms with Gasteiger partial charge in [0.15, 0.2) is 5.78 Å². The van der Waals surface area contributed by atoms with E-state index in [2.05, 4.69) is 15.5 Å². The smallest absolute Gasteiger partial charge is 0.272 e. The number of carbonyl (C=O) groups excluding carboxylic acids is 3. The predicted octanol–water partition coefficient (Wildman–Crippen LogP) is 0.511. The predicted molar refractivity (Wildman–Crippen MR) is 87.0 cm³/mol. The summed E-state index contributed by atoms with van der Waals surface area (Å²) in [5.74, 6) is -0.548. The summed E-state index contributed by atoms with van der Waals surface area (Å²) >= 11 is 0. The highest BCUT2D eigenvalue weighted by molar-refractivity contribution is 5.97. The van der Waals surface area contributed by atoms with Gasteiger partial charge in [-0.15, -0.1) is 0 Å². The fourth-order valence-corrected chi connectivity index (χ4v) is 3.74. The number of fused-ring (bicyclic) bond motifs is 2. The Hall–Kier alpha value is -2.22. The molecule has 1 aromatic heterocycles. The van der Waals surface area contributed by atoms with Gasteiger partial charge in [0.25, 0.3) is 5.91 Å². The van der Waals surface area contributed by atoms with Crippen LogP contribution in [0.2, 0.25) is 0 Å². The Morgan fingerprint density at radius 2 is 2.12 bits per heavy atom. The lowest BCUT2D eigenvalue weighted by Gasteiger charge is -2.33. The summed E-state index contributed by atoms with van der Waals surface area (Å²) in [5, 5.41) is 9.57. The Balaban J connectivity index is 1.41. The van der Waals surface area contributed by atoms with Crippen LogP contribution in [0.5, 0.6) is 0 Å². The molecule has 2 bridgehead atoms. The summed E-state index contributed by atoms with van der Waals surface area (Å²) in [7, 11) is 0. The third-order valence-electron chi connectivity index (χ3n) is 5.40. The Kier molecular flexibility index (Phi) is 4.07. The normalized spacial score (nSPS) is 28.5. The highest BCUT2D eigenvalue weighted by Crippen LogP contribution is 2.33. The van der Waals surface area contributed by atoms with E-state index in [1.54, 1.807) is 4.90 Å². The van der Waals surface area contributed by atoms with Crippen molar-refractivity contribution in [3.8, 4) is 0 Å². The van der Waals surface area contributed by atoms with E-state index in [4.69, 9.17) is 4.74 Å². The third kappa shape index (κ3) is 3.06. The number of aromatic nitrogens is 2. The van der Waals surface area contributed by atoms with Gasteiger partial charge in [0.05, 0.1) is 18.1 Å². The molecule has 3 aliphatic rings. The number of ether oxygens (including phenoxy) is 1. The number of likely N-dealkylation sites (tertiary alicyclic amines) is 1. The molecule has 0 spiro atoms. The number of hydrogen-bond donors (Lipinski definition) is 2. The van der Waals surface area contributed by atoms with Crippen LogP contribution in [0.4, 0.5) is 0 Å². The van der Waals surface area contributed by atoms with E-state index >= 15 is 0 Å². The van der Waals surface area contributed by atoms with Gasteiger partial charge in [-0.25, -0.2) is 0 Å². The van der Waals surface area contributed by atoms with Crippen molar-refractivity contribution in [2.45, 2.75) is 50.9 Å². The largest absolute Gasteiger partial charge is 0.370 e. The van der Waals surface area contributed by atoms with E-state index in [1.807, 2.05) is 0 Å². The average molecular weight is 346 g/mol. The molecule has 3 heterocycles. The molecule has 2 aliphatic heterocycles. The molecule has 25 heavy (non-hydrogen) atoms. The van der Waals surface area contributed by atoms with Gasteiger partial charge in [0.2, 0.25) is 5.91 Å². The molecule has 0 radical (unpaired) electrons. The Labute approximate surface area is 145 Å². The van der Waals surface area contributed by atoms with Crippen LogP contribution in [0.3, 0.4) is 0 Å². The van der Waals surface area contributed by atoms with Crippen molar-refractivity contribution in [1.82, 2.24) is 20.4 Å². The van der Waals surface area contributed by atoms with Crippen molar-refractivity contribution < 1.29 is 19.1 Å². The molecule has 8 nitrogen and oxygen atoms in total. The van der Waals surface area contributed by atoms with E-state index in [9.17, 15) is 14.4 Å². The number of aromatic amines is 1. The van der Waals surface area contributed by atoms with Crippen LogP contribution in [0.25, 0.3) is 0 Å². The van der Waals surface area contributed by atoms with Gasteiger partial charge in [-0.05, 0) is 31.7 Å². The summed E-state index contributed by atoms with van der Waals surface area (Å²) in [6, 6.07) is 1.78. The van der Waals surface area contributed by atoms with E-state index in [0.717, 1.165) is 12.8 Å². The SMILES string of the molecule is CC(=O)c1cc(C(=O)N2CC3CC(C(=O)NC4CCC4)C(C2)O3)[nH]n1. The van der Waals surface area contributed by atoms with Crippen LogP contribution in [0, 0.1) is 5.92 Å². The first-order chi connectivity index (χ1) is 12.0. The van der Waals surface area contributed by atoms with Crippen LogP contribution in [0.15, 0.2) is 6.07 Å². The minimum absolute atomic E-state index is 0.0481. The summed E-state index contributed by atoms with van der Waals surface area (Å²) in [6.45, 7) is 2.24. The molecule has 3 atom stereocenters. The molecule has 2 saturated heterocycles. The molecular formula is C17H22N4O4. The monoisotopic (exact) mass is 346 g/mol. The number of hydrogen-bond acceptors (Lipinski definition) is 5. The van der Waals surface area contributed by atoms with Crippen LogP contribution >= 0.6 is 0 Å². The maximum atomic E-state index is 12.7. The summed E-state index contributed by atoms with van der Waals surface area (Å²) in [6.07, 6.45) is 3.54. The zero-order valence-electron chi connectivity index (χ0n) is 14.2. The lowest BCUT2D eigenvalue weighted by Crippen LogP contribution is -2.49. The van der Waals surface area contributed by atoms with Crippen LogP contribution in [-0.4, -0.2) is 64.0 Å². The summed E-state index contributed by atoms with van der Waals surface area (Å²) in [4.78, 5) is 38.1. The number of morpholine rings is 1. The van der Waals surface area contributed by atoms with Gasteiger partial charge in [-0.1, -0.05) is 0 Å². The second-order valence-corrected chi connectivity index (χ2v) is 7.21. The molecule has 3 fully saturated rings. The van der Waals surface area contributed by atoms with E-state index in [1.165, 1.54) is 19.4 Å². The topological polar surface area (TPSA) is 104 Å². The third-order valence-corrected chi connectivity index (χ3v) is 5.40. The van der Waals surface area contributed by atoms with Crippen molar-refractivity contribution >= 4 is 17.6 Å². The zero-order chi connectivity index (χ0) is 17.6. The van der Waals surface area contributed by atoms with Gasteiger partial charge >= 0.3 is 0 Å². The fraction of sp³-hybridized carbons (Fsp3) is 0.647. The standard InChI is InChI=1S/C17H22N4O4/c1-9(22)13-6-14(20-19-13)17(24)21-7-11-5-12(15(8-21)25-11)16(23)18-10-3-2-4-10/h6,10-12,15H,2-5,7-8H2,1H3,(H,18,23)(H,19,20). The number of nitrogens with zero attached hydrogens (tertiary/aromatic N) is 2. The molecule has 2 N–H and O–H groups in total. The molecule has 0 aromatic carbocycles. The van der Waals surface area contributed by atoms with Crippen molar-refractivity contribution in [3.63, 3.8) is 0 Å².